The molecule has 42 heavy (non-hydrogen) atoms. The molecule has 0 spiro atoms. The van der Waals surface area contributed by atoms with Crippen molar-refractivity contribution in [2.24, 2.45) is 11.8 Å². The fourth-order valence-electron chi connectivity index (χ4n) is 5.85. The smallest absolute Gasteiger partial charge is 0.324 e. The molecule has 11 heteroatoms. The zero-order chi connectivity index (χ0) is 29.6. The average Bonchev–Trinajstić information content (AvgIpc) is 3.70. The molecule has 0 saturated carbocycles. The van der Waals surface area contributed by atoms with Gasteiger partial charge in [-0.05, 0) is 74.1 Å². The third kappa shape index (κ3) is 6.92. The number of aromatic nitrogens is 2. The number of halogens is 1. The third-order valence-electron chi connectivity index (χ3n) is 8.53. The number of carbonyl (C=O) groups is 2. The SMILES string of the molecule is CC(C)c1noc(N2CCC(COc3ccc(C4=CCC(C(=O)NCC(=O)N5CCC[C@@H]5C#N)CC4)cc3F)CC2)n1. The van der Waals surface area contributed by atoms with E-state index in [1.165, 1.54) is 6.07 Å². The molecule has 2 aliphatic heterocycles. The van der Waals surface area contributed by atoms with Crippen LogP contribution in [-0.4, -0.2) is 65.7 Å². The Kier molecular flexibility index (Phi) is 9.40. The summed E-state index contributed by atoms with van der Waals surface area (Å²) < 4.78 is 26.2. The number of likely N-dealkylation sites (tertiary alicyclic amines) is 1. The van der Waals surface area contributed by atoms with Crippen LogP contribution < -0.4 is 15.0 Å². The van der Waals surface area contributed by atoms with Gasteiger partial charge in [-0.15, -0.1) is 0 Å². The van der Waals surface area contributed by atoms with Crippen molar-refractivity contribution >= 4 is 23.4 Å². The van der Waals surface area contributed by atoms with E-state index in [9.17, 15) is 19.2 Å². The number of hydrogen-bond donors (Lipinski definition) is 1. The number of amides is 2. The van der Waals surface area contributed by atoms with Crippen molar-refractivity contribution in [3.63, 3.8) is 0 Å². The van der Waals surface area contributed by atoms with Gasteiger partial charge in [-0.1, -0.05) is 31.1 Å². The van der Waals surface area contributed by atoms with E-state index in [0.717, 1.165) is 43.5 Å². The molecule has 1 unspecified atom stereocenters. The van der Waals surface area contributed by atoms with Gasteiger partial charge in [0, 0.05) is 31.5 Å². The Bertz CT molecular complexity index is 1340. The molecule has 1 aromatic carbocycles. The average molecular weight is 579 g/mol. The summed E-state index contributed by atoms with van der Waals surface area (Å²) in [5, 5.41) is 16.0. The summed E-state index contributed by atoms with van der Waals surface area (Å²) >= 11 is 0. The first-order chi connectivity index (χ1) is 20.3. The van der Waals surface area contributed by atoms with Crippen molar-refractivity contribution in [2.75, 3.05) is 37.7 Å². The molecular weight excluding hydrogens is 539 g/mol. The zero-order valence-electron chi connectivity index (χ0n) is 24.4. The molecule has 5 rings (SSSR count). The van der Waals surface area contributed by atoms with Gasteiger partial charge >= 0.3 is 6.01 Å². The summed E-state index contributed by atoms with van der Waals surface area (Å²) in [5.74, 6) is 0.481. The number of nitrogens with one attached hydrogen (secondary N) is 1. The summed E-state index contributed by atoms with van der Waals surface area (Å²) in [6.45, 7) is 6.56. The molecule has 0 bridgehead atoms. The highest BCUT2D eigenvalue weighted by Gasteiger charge is 2.30. The van der Waals surface area contributed by atoms with Crippen molar-refractivity contribution in [1.82, 2.24) is 20.4 Å². The van der Waals surface area contributed by atoms with Crippen LogP contribution in [0.5, 0.6) is 5.75 Å². The Labute approximate surface area is 245 Å². The predicted molar refractivity (Wildman–Crippen MR) is 154 cm³/mol. The minimum absolute atomic E-state index is 0.0896. The fraction of sp³-hybridized carbons (Fsp3) is 0.581. The van der Waals surface area contributed by atoms with Crippen molar-refractivity contribution in [3.05, 3.63) is 41.5 Å². The second-order valence-electron chi connectivity index (χ2n) is 11.8. The minimum Gasteiger partial charge on any atom is -0.490 e. The second-order valence-corrected chi connectivity index (χ2v) is 11.8. The highest BCUT2D eigenvalue weighted by Crippen LogP contribution is 2.33. The Balaban J connectivity index is 1.06. The van der Waals surface area contributed by atoms with Gasteiger partial charge in [-0.25, -0.2) is 4.39 Å². The zero-order valence-corrected chi connectivity index (χ0v) is 24.4. The molecule has 2 saturated heterocycles. The van der Waals surface area contributed by atoms with E-state index in [0.29, 0.717) is 56.6 Å². The summed E-state index contributed by atoms with van der Waals surface area (Å²) in [4.78, 5) is 33.2. The summed E-state index contributed by atoms with van der Waals surface area (Å²) in [7, 11) is 0. The lowest BCUT2D eigenvalue weighted by atomic mass is 9.86. The van der Waals surface area contributed by atoms with Crippen LogP contribution in [0.15, 0.2) is 28.8 Å². The summed E-state index contributed by atoms with van der Waals surface area (Å²) in [6, 6.07) is 7.37. The van der Waals surface area contributed by atoms with Crippen LogP contribution in [0.25, 0.3) is 5.57 Å². The van der Waals surface area contributed by atoms with Crippen molar-refractivity contribution in [3.8, 4) is 11.8 Å². The van der Waals surface area contributed by atoms with Crippen LogP contribution in [0, 0.1) is 29.0 Å². The molecule has 224 valence electrons. The van der Waals surface area contributed by atoms with Crippen LogP contribution in [0.3, 0.4) is 0 Å². The molecule has 1 N–H and O–H groups in total. The van der Waals surface area contributed by atoms with Crippen molar-refractivity contribution < 1.29 is 23.2 Å². The van der Waals surface area contributed by atoms with E-state index >= 15 is 0 Å². The number of nitriles is 1. The van der Waals surface area contributed by atoms with Crippen LogP contribution >= 0.6 is 0 Å². The van der Waals surface area contributed by atoms with Gasteiger partial charge in [0.2, 0.25) is 11.8 Å². The van der Waals surface area contributed by atoms with E-state index in [2.05, 4.69) is 26.4 Å². The maximum atomic E-state index is 15.0. The lowest BCUT2D eigenvalue weighted by molar-refractivity contribution is -0.134. The maximum absolute atomic E-state index is 15.0. The number of ether oxygens (including phenoxy) is 1. The quantitative estimate of drug-likeness (QED) is 0.463. The summed E-state index contributed by atoms with van der Waals surface area (Å²) in [5.41, 5.74) is 1.79. The van der Waals surface area contributed by atoms with Crippen LogP contribution in [-0.2, 0) is 9.59 Å². The molecule has 1 aromatic heterocycles. The summed E-state index contributed by atoms with van der Waals surface area (Å²) in [6.07, 6.45) is 7.06. The van der Waals surface area contributed by atoms with Crippen LogP contribution in [0.2, 0.25) is 0 Å². The number of anilines is 1. The highest BCUT2D eigenvalue weighted by molar-refractivity contribution is 5.87. The first-order valence-corrected chi connectivity index (χ1v) is 15.0. The molecule has 3 aliphatic rings. The van der Waals surface area contributed by atoms with E-state index in [1.807, 2.05) is 26.0 Å². The lowest BCUT2D eigenvalue weighted by Crippen LogP contribution is -2.43. The van der Waals surface area contributed by atoms with Gasteiger partial charge in [-0.2, -0.15) is 10.2 Å². The number of allylic oxidation sites excluding steroid dienone is 2. The predicted octanol–water partition coefficient (Wildman–Crippen LogP) is 4.44. The Hall–Kier alpha value is -3.94. The van der Waals surface area contributed by atoms with E-state index < -0.39 is 11.9 Å². The van der Waals surface area contributed by atoms with Crippen LogP contribution in [0.1, 0.15) is 76.1 Å². The van der Waals surface area contributed by atoms with Gasteiger partial charge in [0.1, 0.15) is 6.04 Å². The standard InChI is InChI=1S/C31H39FN6O4/c1-20(2)29-35-31(42-36-29)37-14-11-21(12-15-37)19-41-27-10-9-24(16-26(27)32)22-5-7-23(8-6-22)30(40)34-18-28(39)38-13-3-4-25(38)17-33/h5,9-10,16,20-21,23,25H,3-4,6-8,11-15,18-19H2,1-2H3,(H,34,40)/t23?,25-/m1/s1. The molecule has 3 heterocycles. The number of benzene rings is 1. The van der Waals surface area contributed by atoms with Crippen LogP contribution in [0.4, 0.5) is 10.4 Å². The van der Waals surface area contributed by atoms with E-state index in [-0.39, 0.29) is 35.9 Å². The lowest BCUT2D eigenvalue weighted by Gasteiger charge is -2.30. The molecule has 2 aromatic rings. The Morgan fingerprint density at radius 3 is 2.69 bits per heavy atom. The maximum Gasteiger partial charge on any atom is 0.324 e. The van der Waals surface area contributed by atoms with E-state index in [4.69, 9.17) is 9.26 Å². The number of carbonyl (C=O) groups excluding carboxylic acids is 2. The number of piperidine rings is 1. The first-order valence-electron chi connectivity index (χ1n) is 15.0. The third-order valence-corrected chi connectivity index (χ3v) is 8.53. The number of hydrogen-bond acceptors (Lipinski definition) is 8. The normalized spacial score (nSPS) is 21.3. The number of rotatable bonds is 9. The van der Waals surface area contributed by atoms with Crippen molar-refractivity contribution in [1.29, 1.82) is 5.26 Å². The highest BCUT2D eigenvalue weighted by atomic mass is 19.1. The second kappa shape index (κ2) is 13.4. The molecule has 2 fully saturated rings. The van der Waals surface area contributed by atoms with Gasteiger partial charge in [0.25, 0.3) is 0 Å². The van der Waals surface area contributed by atoms with Gasteiger partial charge in [0.15, 0.2) is 17.4 Å². The molecule has 2 atom stereocenters. The topological polar surface area (TPSA) is 125 Å². The van der Waals surface area contributed by atoms with Crippen molar-refractivity contribution in [2.45, 2.75) is 70.8 Å². The van der Waals surface area contributed by atoms with Gasteiger partial charge in [0.05, 0.1) is 19.2 Å². The number of nitrogens with zero attached hydrogens (tertiary/aromatic N) is 5. The molecule has 1 aliphatic carbocycles. The monoisotopic (exact) mass is 578 g/mol. The fourth-order valence-corrected chi connectivity index (χ4v) is 5.85. The van der Waals surface area contributed by atoms with E-state index in [1.54, 1.807) is 11.0 Å². The van der Waals surface area contributed by atoms with Gasteiger partial charge in [-0.3, -0.25) is 9.59 Å². The minimum atomic E-state index is -0.396. The molecular formula is C31H39FN6O4. The largest absolute Gasteiger partial charge is 0.490 e. The molecule has 2 amide bonds. The van der Waals surface area contributed by atoms with Gasteiger partial charge < -0.3 is 24.4 Å². The molecule has 10 nitrogen and oxygen atoms in total. The first kappa shape index (κ1) is 29.5. The Morgan fingerprint density at radius 1 is 1.21 bits per heavy atom. The Morgan fingerprint density at radius 2 is 2.02 bits per heavy atom. The molecule has 0 radical (unpaired) electrons.